The number of carbonyl (C=O) groups is 1. The van der Waals surface area contributed by atoms with E-state index in [2.05, 4.69) is 0 Å². The van der Waals surface area contributed by atoms with Crippen molar-refractivity contribution >= 4 is 5.97 Å². The zero-order valence-electron chi connectivity index (χ0n) is 10.3. The normalized spacial score (nSPS) is 13.9. The van der Waals surface area contributed by atoms with Gasteiger partial charge in [-0.2, -0.15) is 0 Å². The van der Waals surface area contributed by atoms with E-state index in [0.717, 1.165) is 0 Å². The van der Waals surface area contributed by atoms with Gasteiger partial charge in [-0.3, -0.25) is 4.79 Å². The van der Waals surface area contributed by atoms with Gasteiger partial charge in [-0.25, -0.2) is 0 Å². The van der Waals surface area contributed by atoms with E-state index >= 15 is 0 Å². The second kappa shape index (κ2) is 6.25. The van der Waals surface area contributed by atoms with Crippen LogP contribution >= 0.6 is 0 Å². The van der Waals surface area contributed by atoms with Crippen LogP contribution in [0.1, 0.15) is 25.5 Å². The van der Waals surface area contributed by atoms with Crippen LogP contribution in [0.2, 0.25) is 0 Å². The molecule has 1 aromatic rings. The fourth-order valence-corrected chi connectivity index (χ4v) is 1.49. The highest BCUT2D eigenvalue weighted by molar-refractivity contribution is 5.73. The molecular weight excluding hydrogens is 220 g/mol. The molecule has 1 aromatic carbocycles. The van der Waals surface area contributed by atoms with Gasteiger partial charge in [-0.05, 0) is 31.5 Å². The molecule has 1 rings (SSSR count). The Hall–Kier alpha value is -1.55. The van der Waals surface area contributed by atoms with E-state index in [4.69, 9.17) is 9.47 Å². The Morgan fingerprint density at radius 2 is 1.94 bits per heavy atom. The molecule has 2 atom stereocenters. The van der Waals surface area contributed by atoms with E-state index in [9.17, 15) is 9.90 Å². The lowest BCUT2D eigenvalue weighted by Crippen LogP contribution is -2.21. The number of esters is 1. The van der Waals surface area contributed by atoms with Crippen LogP contribution in [0, 0.1) is 5.92 Å². The minimum atomic E-state index is -0.861. The predicted molar refractivity (Wildman–Crippen MR) is 63.8 cm³/mol. The van der Waals surface area contributed by atoms with Crippen molar-refractivity contribution in [2.24, 2.45) is 5.92 Å². The number of benzene rings is 1. The van der Waals surface area contributed by atoms with Crippen LogP contribution in [0.4, 0.5) is 0 Å². The molecule has 2 unspecified atom stereocenters. The quantitative estimate of drug-likeness (QED) is 0.796. The summed E-state index contributed by atoms with van der Waals surface area (Å²) in [4.78, 5) is 11.5. The molecule has 1 N–H and O–H groups in total. The lowest BCUT2D eigenvalue weighted by molar-refractivity contribution is -0.151. The molecule has 0 aromatic heterocycles. The van der Waals surface area contributed by atoms with Crippen LogP contribution in [-0.2, 0) is 9.53 Å². The van der Waals surface area contributed by atoms with Crippen molar-refractivity contribution in [3.8, 4) is 5.75 Å². The van der Waals surface area contributed by atoms with Crippen LogP contribution in [0.3, 0.4) is 0 Å². The second-order valence-electron chi connectivity index (χ2n) is 3.76. The molecule has 94 valence electrons. The zero-order valence-corrected chi connectivity index (χ0v) is 10.3. The number of ether oxygens (including phenoxy) is 2. The van der Waals surface area contributed by atoms with Gasteiger partial charge in [0.1, 0.15) is 5.75 Å². The Balaban J connectivity index is 2.73. The third-order valence-corrected chi connectivity index (χ3v) is 2.59. The molecule has 0 bridgehead atoms. The number of hydrogen-bond donors (Lipinski definition) is 1. The van der Waals surface area contributed by atoms with Crippen molar-refractivity contribution in [3.63, 3.8) is 0 Å². The average molecular weight is 238 g/mol. The van der Waals surface area contributed by atoms with E-state index in [1.807, 2.05) is 0 Å². The van der Waals surface area contributed by atoms with Gasteiger partial charge in [-0.15, -0.1) is 0 Å². The number of carbonyl (C=O) groups excluding carboxylic acids is 1. The maximum atomic E-state index is 11.5. The van der Waals surface area contributed by atoms with Crippen LogP contribution < -0.4 is 4.74 Å². The zero-order chi connectivity index (χ0) is 12.8. The van der Waals surface area contributed by atoms with Gasteiger partial charge in [0.15, 0.2) is 0 Å². The molecular formula is C13H18O4. The lowest BCUT2D eigenvalue weighted by atomic mass is 9.97. The van der Waals surface area contributed by atoms with E-state index in [1.165, 1.54) is 0 Å². The third-order valence-electron chi connectivity index (χ3n) is 2.59. The van der Waals surface area contributed by atoms with Crippen molar-refractivity contribution in [3.05, 3.63) is 29.8 Å². The summed E-state index contributed by atoms with van der Waals surface area (Å²) in [6, 6.07) is 6.96. The van der Waals surface area contributed by atoms with Crippen LogP contribution in [0.5, 0.6) is 5.75 Å². The number of methoxy groups -OCH3 is 1. The Labute approximate surface area is 101 Å². The van der Waals surface area contributed by atoms with Crippen molar-refractivity contribution in [1.29, 1.82) is 0 Å². The highest BCUT2D eigenvalue weighted by Gasteiger charge is 2.24. The van der Waals surface area contributed by atoms with Crippen LogP contribution in [0.25, 0.3) is 0 Å². The maximum absolute atomic E-state index is 11.5. The van der Waals surface area contributed by atoms with Gasteiger partial charge >= 0.3 is 5.97 Å². The molecule has 0 aliphatic carbocycles. The second-order valence-corrected chi connectivity index (χ2v) is 3.76. The molecule has 0 saturated heterocycles. The van der Waals surface area contributed by atoms with Gasteiger partial charge in [0.25, 0.3) is 0 Å². The smallest absolute Gasteiger partial charge is 0.311 e. The average Bonchev–Trinajstić information content (AvgIpc) is 2.37. The van der Waals surface area contributed by atoms with Crippen molar-refractivity contribution < 1.29 is 19.4 Å². The fourth-order valence-electron chi connectivity index (χ4n) is 1.49. The Morgan fingerprint density at radius 1 is 1.35 bits per heavy atom. The predicted octanol–water partition coefficient (Wildman–Crippen LogP) is 1.93. The summed E-state index contributed by atoms with van der Waals surface area (Å²) < 4.78 is 9.89. The summed E-state index contributed by atoms with van der Waals surface area (Å²) >= 11 is 0. The monoisotopic (exact) mass is 238 g/mol. The number of rotatable bonds is 5. The molecule has 0 fully saturated rings. The van der Waals surface area contributed by atoms with Crippen LogP contribution in [-0.4, -0.2) is 24.8 Å². The molecule has 0 heterocycles. The summed E-state index contributed by atoms with van der Waals surface area (Å²) in [7, 11) is 1.58. The molecule has 0 radical (unpaired) electrons. The van der Waals surface area contributed by atoms with Crippen molar-refractivity contribution in [2.75, 3.05) is 13.7 Å². The molecule has 17 heavy (non-hydrogen) atoms. The fraction of sp³-hybridized carbons (Fsp3) is 0.462. The molecule has 4 nitrogen and oxygen atoms in total. The highest BCUT2D eigenvalue weighted by atomic mass is 16.5. The highest BCUT2D eigenvalue weighted by Crippen LogP contribution is 2.24. The summed E-state index contributed by atoms with van der Waals surface area (Å²) in [5, 5.41) is 10.0. The minimum absolute atomic E-state index is 0.318. The van der Waals surface area contributed by atoms with E-state index < -0.39 is 18.0 Å². The number of hydrogen-bond acceptors (Lipinski definition) is 4. The summed E-state index contributed by atoms with van der Waals surface area (Å²) in [6.07, 6.45) is -0.861. The van der Waals surface area contributed by atoms with E-state index in [1.54, 1.807) is 45.2 Å². The Morgan fingerprint density at radius 3 is 2.41 bits per heavy atom. The first kappa shape index (κ1) is 13.5. The van der Waals surface area contributed by atoms with E-state index in [-0.39, 0.29) is 0 Å². The van der Waals surface area contributed by atoms with Crippen molar-refractivity contribution in [1.82, 2.24) is 0 Å². The van der Waals surface area contributed by atoms with E-state index in [0.29, 0.717) is 17.9 Å². The first-order chi connectivity index (χ1) is 8.10. The molecule has 0 spiro atoms. The Bertz CT molecular complexity index is 358. The van der Waals surface area contributed by atoms with Crippen LogP contribution in [0.15, 0.2) is 24.3 Å². The van der Waals surface area contributed by atoms with Gasteiger partial charge in [0.05, 0.1) is 25.7 Å². The summed E-state index contributed by atoms with van der Waals surface area (Å²) in [5.74, 6) is -0.260. The topological polar surface area (TPSA) is 55.8 Å². The largest absolute Gasteiger partial charge is 0.497 e. The van der Waals surface area contributed by atoms with Gasteiger partial charge < -0.3 is 14.6 Å². The van der Waals surface area contributed by atoms with Crippen molar-refractivity contribution in [2.45, 2.75) is 20.0 Å². The molecule has 0 amide bonds. The molecule has 4 heteroatoms. The third kappa shape index (κ3) is 3.46. The lowest BCUT2D eigenvalue weighted by Gasteiger charge is -2.17. The van der Waals surface area contributed by atoms with Gasteiger partial charge in [-0.1, -0.05) is 12.1 Å². The maximum Gasteiger partial charge on any atom is 0.311 e. The number of aliphatic hydroxyl groups excluding tert-OH is 1. The summed E-state index contributed by atoms with van der Waals surface area (Å²) in [5.41, 5.74) is 0.673. The van der Waals surface area contributed by atoms with Gasteiger partial charge in [0, 0.05) is 0 Å². The Kier molecular flexibility index (Phi) is 4.97. The molecule has 0 saturated carbocycles. The summed E-state index contributed by atoms with van der Waals surface area (Å²) in [6.45, 7) is 3.70. The SMILES string of the molecule is CCOC(=O)C(C)C(O)c1ccc(OC)cc1. The van der Waals surface area contributed by atoms with Gasteiger partial charge in [0.2, 0.25) is 0 Å². The standard InChI is InChI=1S/C13H18O4/c1-4-17-13(15)9(2)12(14)10-5-7-11(16-3)8-6-10/h5-9,12,14H,4H2,1-3H3. The first-order valence-corrected chi connectivity index (χ1v) is 5.58. The molecule has 0 aliphatic rings. The minimum Gasteiger partial charge on any atom is -0.497 e. The number of aliphatic hydroxyl groups is 1. The first-order valence-electron chi connectivity index (χ1n) is 5.58. The molecule has 0 aliphatic heterocycles.